The van der Waals surface area contributed by atoms with Crippen molar-refractivity contribution < 1.29 is 9.84 Å². The van der Waals surface area contributed by atoms with Gasteiger partial charge in [-0.1, -0.05) is 6.07 Å². The highest BCUT2D eigenvalue weighted by Gasteiger charge is 2.09. The summed E-state index contributed by atoms with van der Waals surface area (Å²) in [5.41, 5.74) is 5.47. The SMILES string of the molecule is COc1cccc(O)c1C(=N)N. The summed E-state index contributed by atoms with van der Waals surface area (Å²) in [6.45, 7) is 0. The summed E-state index contributed by atoms with van der Waals surface area (Å²) in [4.78, 5) is 0. The lowest BCUT2D eigenvalue weighted by molar-refractivity contribution is 0.406. The van der Waals surface area contributed by atoms with Crippen LogP contribution in [0.15, 0.2) is 18.2 Å². The minimum atomic E-state index is -0.204. The molecule has 4 nitrogen and oxygen atoms in total. The Balaban J connectivity index is 3.29. The molecule has 0 heterocycles. The number of nitrogens with two attached hydrogens (primary N) is 1. The van der Waals surface area contributed by atoms with Gasteiger partial charge in [-0.3, -0.25) is 5.41 Å². The van der Waals surface area contributed by atoms with Crippen LogP contribution in [0.1, 0.15) is 5.56 Å². The molecule has 0 radical (unpaired) electrons. The number of phenols is 1. The largest absolute Gasteiger partial charge is 0.507 e. The Kier molecular flexibility index (Phi) is 2.19. The molecule has 0 aliphatic heterocycles. The van der Waals surface area contributed by atoms with E-state index in [1.54, 1.807) is 12.1 Å². The van der Waals surface area contributed by atoms with Crippen molar-refractivity contribution in [1.29, 1.82) is 5.41 Å². The number of aromatic hydroxyl groups is 1. The second kappa shape index (κ2) is 3.13. The molecule has 4 heteroatoms. The van der Waals surface area contributed by atoms with Crippen molar-refractivity contribution in [2.45, 2.75) is 0 Å². The number of nitrogen functional groups attached to an aromatic ring is 1. The summed E-state index contributed by atoms with van der Waals surface area (Å²) in [6.07, 6.45) is 0. The van der Waals surface area contributed by atoms with E-state index in [-0.39, 0.29) is 17.1 Å². The van der Waals surface area contributed by atoms with Crippen LogP contribution >= 0.6 is 0 Å². The zero-order valence-corrected chi connectivity index (χ0v) is 6.66. The highest BCUT2D eigenvalue weighted by molar-refractivity contribution is 6.00. The third kappa shape index (κ3) is 1.32. The molecule has 64 valence electrons. The number of rotatable bonds is 2. The fourth-order valence-corrected chi connectivity index (χ4v) is 0.960. The quantitative estimate of drug-likeness (QED) is 0.446. The Morgan fingerprint density at radius 2 is 2.25 bits per heavy atom. The first kappa shape index (κ1) is 8.39. The molecule has 1 rings (SSSR count). The highest BCUT2D eigenvalue weighted by atomic mass is 16.5. The Morgan fingerprint density at radius 3 is 2.67 bits per heavy atom. The van der Waals surface area contributed by atoms with Crippen molar-refractivity contribution in [3.8, 4) is 11.5 Å². The Labute approximate surface area is 70.1 Å². The molecule has 0 amide bonds. The number of amidine groups is 1. The minimum Gasteiger partial charge on any atom is -0.507 e. The third-order valence-electron chi connectivity index (χ3n) is 1.49. The minimum absolute atomic E-state index is 0.0400. The van der Waals surface area contributed by atoms with Gasteiger partial charge in [-0.2, -0.15) is 0 Å². The summed E-state index contributed by atoms with van der Waals surface area (Å²) < 4.78 is 4.91. The summed E-state index contributed by atoms with van der Waals surface area (Å²) in [7, 11) is 1.46. The Morgan fingerprint density at radius 1 is 1.58 bits per heavy atom. The summed E-state index contributed by atoms with van der Waals surface area (Å²) in [6, 6.07) is 4.72. The van der Waals surface area contributed by atoms with Crippen molar-refractivity contribution in [1.82, 2.24) is 0 Å². The van der Waals surface area contributed by atoms with Crippen molar-refractivity contribution in [3.05, 3.63) is 23.8 Å². The van der Waals surface area contributed by atoms with Gasteiger partial charge >= 0.3 is 0 Å². The zero-order valence-electron chi connectivity index (χ0n) is 6.66. The van der Waals surface area contributed by atoms with E-state index in [0.29, 0.717) is 5.75 Å². The highest BCUT2D eigenvalue weighted by Crippen LogP contribution is 2.25. The Bertz CT molecular complexity index is 310. The average molecular weight is 166 g/mol. The van der Waals surface area contributed by atoms with Gasteiger partial charge < -0.3 is 15.6 Å². The van der Waals surface area contributed by atoms with E-state index in [2.05, 4.69) is 0 Å². The van der Waals surface area contributed by atoms with Crippen molar-refractivity contribution >= 4 is 5.84 Å². The van der Waals surface area contributed by atoms with Crippen LogP contribution in [0.3, 0.4) is 0 Å². The predicted molar refractivity (Wildman–Crippen MR) is 45.7 cm³/mol. The molecule has 0 saturated carbocycles. The molecule has 4 N–H and O–H groups in total. The van der Waals surface area contributed by atoms with E-state index in [1.807, 2.05) is 0 Å². The van der Waals surface area contributed by atoms with E-state index < -0.39 is 0 Å². The molecule has 0 unspecified atom stereocenters. The first-order chi connectivity index (χ1) is 5.66. The number of ether oxygens (including phenoxy) is 1. The second-order valence-electron chi connectivity index (χ2n) is 2.27. The van der Waals surface area contributed by atoms with E-state index in [9.17, 15) is 5.11 Å². The van der Waals surface area contributed by atoms with Crippen molar-refractivity contribution in [3.63, 3.8) is 0 Å². The van der Waals surface area contributed by atoms with Gasteiger partial charge in [0, 0.05) is 0 Å². The zero-order chi connectivity index (χ0) is 9.14. The maximum absolute atomic E-state index is 9.29. The first-order valence-electron chi connectivity index (χ1n) is 3.37. The molecule has 0 aliphatic rings. The lowest BCUT2D eigenvalue weighted by Gasteiger charge is -2.07. The van der Waals surface area contributed by atoms with E-state index >= 15 is 0 Å². The number of benzene rings is 1. The van der Waals surface area contributed by atoms with Crippen LogP contribution in [0.4, 0.5) is 0 Å². The number of hydrogen-bond donors (Lipinski definition) is 3. The van der Waals surface area contributed by atoms with Crippen LogP contribution in [0.5, 0.6) is 11.5 Å². The van der Waals surface area contributed by atoms with Gasteiger partial charge in [0.25, 0.3) is 0 Å². The average Bonchev–Trinajstić information content (AvgIpc) is 2.03. The van der Waals surface area contributed by atoms with Crippen LogP contribution in [-0.2, 0) is 0 Å². The van der Waals surface area contributed by atoms with Gasteiger partial charge in [0.15, 0.2) is 0 Å². The lowest BCUT2D eigenvalue weighted by atomic mass is 10.1. The van der Waals surface area contributed by atoms with E-state index in [4.69, 9.17) is 15.9 Å². The van der Waals surface area contributed by atoms with E-state index in [1.165, 1.54) is 13.2 Å². The molecule has 1 aromatic rings. The molecule has 0 aromatic heterocycles. The van der Waals surface area contributed by atoms with Crippen LogP contribution in [-0.4, -0.2) is 18.1 Å². The smallest absolute Gasteiger partial charge is 0.133 e. The van der Waals surface area contributed by atoms with Crippen LogP contribution in [0.2, 0.25) is 0 Å². The maximum Gasteiger partial charge on any atom is 0.133 e. The van der Waals surface area contributed by atoms with Gasteiger partial charge in [0.1, 0.15) is 17.3 Å². The van der Waals surface area contributed by atoms with Gasteiger partial charge in [-0.25, -0.2) is 0 Å². The van der Waals surface area contributed by atoms with Crippen LogP contribution in [0, 0.1) is 5.41 Å². The summed E-state index contributed by atoms with van der Waals surface area (Å²) >= 11 is 0. The topological polar surface area (TPSA) is 79.3 Å². The van der Waals surface area contributed by atoms with Gasteiger partial charge in [-0.15, -0.1) is 0 Å². The summed E-state index contributed by atoms with van der Waals surface area (Å²) in [5, 5.41) is 16.5. The second-order valence-corrected chi connectivity index (χ2v) is 2.27. The normalized spacial score (nSPS) is 9.42. The summed E-state index contributed by atoms with van der Waals surface area (Å²) in [5.74, 6) is 0.161. The lowest BCUT2D eigenvalue weighted by Crippen LogP contribution is -2.12. The molecule has 0 saturated heterocycles. The fraction of sp³-hybridized carbons (Fsp3) is 0.125. The first-order valence-corrected chi connectivity index (χ1v) is 3.37. The molecular weight excluding hydrogens is 156 g/mol. The van der Waals surface area contributed by atoms with Gasteiger partial charge in [0.05, 0.1) is 12.7 Å². The Hall–Kier alpha value is -1.71. The van der Waals surface area contributed by atoms with Crippen molar-refractivity contribution in [2.24, 2.45) is 5.73 Å². The van der Waals surface area contributed by atoms with E-state index in [0.717, 1.165) is 0 Å². The predicted octanol–water partition coefficient (Wildman–Crippen LogP) is 0.685. The standard InChI is InChI=1S/C8H10N2O2/c1-12-6-4-2-3-5(11)7(6)8(9)10/h2-4,11H,1H3,(H3,9,10). The molecule has 0 fully saturated rings. The molecule has 12 heavy (non-hydrogen) atoms. The third-order valence-corrected chi connectivity index (χ3v) is 1.49. The van der Waals surface area contributed by atoms with Gasteiger partial charge in [-0.05, 0) is 12.1 Å². The molecule has 0 aliphatic carbocycles. The number of hydrogen-bond acceptors (Lipinski definition) is 3. The molecule has 1 aromatic carbocycles. The molecule has 0 spiro atoms. The molecule has 0 bridgehead atoms. The van der Waals surface area contributed by atoms with Crippen LogP contribution in [0.25, 0.3) is 0 Å². The molecule has 0 atom stereocenters. The monoisotopic (exact) mass is 166 g/mol. The number of nitrogens with one attached hydrogen (secondary N) is 1. The maximum atomic E-state index is 9.29. The fourth-order valence-electron chi connectivity index (χ4n) is 0.960. The van der Waals surface area contributed by atoms with Gasteiger partial charge in [0.2, 0.25) is 0 Å². The van der Waals surface area contributed by atoms with Crippen molar-refractivity contribution in [2.75, 3.05) is 7.11 Å². The number of phenolic OH excluding ortho intramolecular Hbond substituents is 1. The van der Waals surface area contributed by atoms with Crippen LogP contribution < -0.4 is 10.5 Å². The number of methoxy groups -OCH3 is 1. The molecular formula is C8H10N2O2.